The van der Waals surface area contributed by atoms with Gasteiger partial charge in [-0.2, -0.15) is 0 Å². The number of hydrogen-bond acceptors (Lipinski definition) is 2. The van der Waals surface area contributed by atoms with Gasteiger partial charge in [0.1, 0.15) is 5.75 Å². The number of carbonyl (C=O) groups excluding carboxylic acids is 1. The second-order valence-corrected chi connectivity index (χ2v) is 2.84. The molecule has 0 atom stereocenters. The fourth-order valence-corrected chi connectivity index (χ4v) is 1.04. The summed E-state index contributed by atoms with van der Waals surface area (Å²) in [4.78, 5) is 9.98. The van der Waals surface area contributed by atoms with Crippen LogP contribution in [0.15, 0.2) is 22.7 Å². The van der Waals surface area contributed by atoms with Gasteiger partial charge in [0, 0.05) is 4.47 Å². The van der Waals surface area contributed by atoms with Crippen LogP contribution in [-0.4, -0.2) is 11.5 Å². The van der Waals surface area contributed by atoms with E-state index in [0.717, 1.165) is 4.47 Å². The molecule has 2 N–H and O–H groups in total. The smallest absolute Gasteiger partial charge is 0.211 e. The third kappa shape index (κ3) is 1.94. The Hall–Kier alpha value is -1.03. The minimum atomic E-state index is 0.0477. The van der Waals surface area contributed by atoms with Gasteiger partial charge >= 0.3 is 0 Å². The van der Waals surface area contributed by atoms with Crippen molar-refractivity contribution in [1.82, 2.24) is 0 Å². The van der Waals surface area contributed by atoms with Crippen LogP contribution in [0.4, 0.5) is 5.69 Å². The topological polar surface area (TPSA) is 49.3 Å². The number of benzene rings is 1. The van der Waals surface area contributed by atoms with E-state index >= 15 is 0 Å². The molecule has 58 valence electrons. The van der Waals surface area contributed by atoms with Gasteiger partial charge in [0.25, 0.3) is 0 Å². The van der Waals surface area contributed by atoms with E-state index in [1.807, 2.05) is 0 Å². The minimum absolute atomic E-state index is 0.0477. The molecule has 0 heterocycles. The third-order valence-corrected chi connectivity index (χ3v) is 1.67. The first-order valence-electron chi connectivity index (χ1n) is 2.93. The summed E-state index contributed by atoms with van der Waals surface area (Å²) >= 11 is 3.17. The third-order valence-electron chi connectivity index (χ3n) is 1.17. The van der Waals surface area contributed by atoms with Crippen molar-refractivity contribution in [1.29, 1.82) is 0 Å². The van der Waals surface area contributed by atoms with Gasteiger partial charge in [-0.05, 0) is 18.2 Å². The molecule has 0 bridgehead atoms. The maximum absolute atomic E-state index is 9.98. The van der Waals surface area contributed by atoms with Crippen LogP contribution in [0.5, 0.6) is 5.75 Å². The minimum Gasteiger partial charge on any atom is -0.506 e. The molecule has 0 aliphatic rings. The van der Waals surface area contributed by atoms with Crippen molar-refractivity contribution in [2.24, 2.45) is 0 Å². The SMILES string of the molecule is O=CNc1ccc(Br)cc1O. The summed E-state index contributed by atoms with van der Waals surface area (Å²) in [7, 11) is 0. The molecule has 1 aromatic rings. The first kappa shape index (κ1) is 8.07. The highest BCUT2D eigenvalue weighted by Gasteiger charge is 1.98. The molecule has 0 fully saturated rings. The Balaban J connectivity index is 2.98. The van der Waals surface area contributed by atoms with Gasteiger partial charge in [0.2, 0.25) is 6.41 Å². The molecule has 1 amide bonds. The number of halogens is 1. The normalized spacial score (nSPS) is 9.18. The summed E-state index contributed by atoms with van der Waals surface area (Å²) < 4.78 is 0.770. The number of aromatic hydroxyl groups is 1. The molecule has 1 aromatic carbocycles. The largest absolute Gasteiger partial charge is 0.506 e. The zero-order valence-corrected chi connectivity index (χ0v) is 7.13. The lowest BCUT2D eigenvalue weighted by Crippen LogP contribution is -1.93. The average molecular weight is 216 g/mol. The van der Waals surface area contributed by atoms with Crippen molar-refractivity contribution in [3.8, 4) is 5.75 Å². The standard InChI is InChI=1S/C7H6BrNO2/c8-5-1-2-6(9-4-10)7(11)3-5/h1-4,11H,(H,9,10). The Labute approximate surface area is 72.2 Å². The Bertz CT molecular complexity index is 275. The number of nitrogens with one attached hydrogen (secondary N) is 1. The fourth-order valence-electron chi connectivity index (χ4n) is 0.690. The molecule has 3 nitrogen and oxygen atoms in total. The summed E-state index contributed by atoms with van der Waals surface area (Å²) in [5, 5.41) is 11.5. The van der Waals surface area contributed by atoms with E-state index in [-0.39, 0.29) is 5.75 Å². The van der Waals surface area contributed by atoms with Crippen molar-refractivity contribution < 1.29 is 9.90 Å². The quantitative estimate of drug-likeness (QED) is 0.584. The Morgan fingerprint density at radius 1 is 1.55 bits per heavy atom. The van der Waals surface area contributed by atoms with E-state index in [2.05, 4.69) is 21.2 Å². The maximum atomic E-state index is 9.98. The van der Waals surface area contributed by atoms with Crippen LogP contribution in [0, 0.1) is 0 Å². The van der Waals surface area contributed by atoms with Crippen LogP contribution in [-0.2, 0) is 4.79 Å². The molecule has 0 unspecified atom stereocenters. The van der Waals surface area contributed by atoms with Crippen molar-refractivity contribution >= 4 is 28.0 Å². The number of amides is 1. The van der Waals surface area contributed by atoms with Crippen LogP contribution in [0.25, 0.3) is 0 Å². The molecule has 0 aliphatic heterocycles. The fraction of sp³-hybridized carbons (Fsp3) is 0. The second kappa shape index (κ2) is 3.39. The summed E-state index contributed by atoms with van der Waals surface area (Å²) in [5.74, 6) is 0.0477. The lowest BCUT2D eigenvalue weighted by Gasteiger charge is -2.01. The van der Waals surface area contributed by atoms with E-state index in [4.69, 9.17) is 0 Å². The second-order valence-electron chi connectivity index (χ2n) is 1.92. The van der Waals surface area contributed by atoms with E-state index in [1.54, 1.807) is 12.1 Å². The van der Waals surface area contributed by atoms with E-state index in [9.17, 15) is 9.90 Å². The maximum Gasteiger partial charge on any atom is 0.211 e. The van der Waals surface area contributed by atoms with Crippen LogP contribution in [0.3, 0.4) is 0 Å². The summed E-state index contributed by atoms with van der Waals surface area (Å²) in [6.45, 7) is 0. The summed E-state index contributed by atoms with van der Waals surface area (Å²) in [6.07, 6.45) is 0.517. The molecule has 4 heteroatoms. The number of anilines is 1. The molecule has 0 saturated carbocycles. The van der Waals surface area contributed by atoms with Gasteiger partial charge < -0.3 is 10.4 Å². The average Bonchev–Trinajstić information content (AvgIpc) is 1.95. The van der Waals surface area contributed by atoms with Gasteiger partial charge in [0.15, 0.2) is 0 Å². The zero-order valence-electron chi connectivity index (χ0n) is 5.54. The molecule has 1 rings (SSSR count). The van der Waals surface area contributed by atoms with Gasteiger partial charge in [-0.25, -0.2) is 0 Å². The Morgan fingerprint density at radius 3 is 2.82 bits per heavy atom. The van der Waals surface area contributed by atoms with Gasteiger partial charge in [0.05, 0.1) is 5.69 Å². The Kier molecular flexibility index (Phi) is 2.48. The number of hydrogen-bond donors (Lipinski definition) is 2. The molecule has 0 aliphatic carbocycles. The predicted octanol–water partition coefficient (Wildman–Crippen LogP) is 1.72. The number of carbonyl (C=O) groups is 1. The lowest BCUT2D eigenvalue weighted by molar-refractivity contribution is -0.105. The first-order chi connectivity index (χ1) is 5.24. The van der Waals surface area contributed by atoms with Gasteiger partial charge in [-0.15, -0.1) is 0 Å². The molecule has 0 saturated heterocycles. The van der Waals surface area contributed by atoms with Crippen LogP contribution in [0.2, 0.25) is 0 Å². The predicted molar refractivity (Wildman–Crippen MR) is 45.5 cm³/mol. The van der Waals surface area contributed by atoms with E-state index in [1.165, 1.54) is 6.07 Å². The molecular formula is C7H6BrNO2. The molecule has 0 aromatic heterocycles. The molecule has 0 spiro atoms. The number of phenols is 1. The highest BCUT2D eigenvalue weighted by Crippen LogP contribution is 2.25. The van der Waals surface area contributed by atoms with Gasteiger partial charge in [-0.1, -0.05) is 15.9 Å². The highest BCUT2D eigenvalue weighted by atomic mass is 79.9. The number of phenolic OH excluding ortho intramolecular Hbond substituents is 1. The molecule has 0 radical (unpaired) electrons. The van der Waals surface area contributed by atoms with Gasteiger partial charge in [-0.3, -0.25) is 4.79 Å². The zero-order chi connectivity index (χ0) is 8.27. The monoisotopic (exact) mass is 215 g/mol. The Morgan fingerprint density at radius 2 is 2.27 bits per heavy atom. The summed E-state index contributed by atoms with van der Waals surface area (Å²) in [6, 6.07) is 4.84. The highest BCUT2D eigenvalue weighted by molar-refractivity contribution is 9.10. The van der Waals surface area contributed by atoms with Crippen LogP contribution in [0.1, 0.15) is 0 Å². The first-order valence-corrected chi connectivity index (χ1v) is 3.72. The number of rotatable bonds is 2. The molecule has 11 heavy (non-hydrogen) atoms. The van der Waals surface area contributed by atoms with Crippen molar-refractivity contribution in [3.05, 3.63) is 22.7 Å². The van der Waals surface area contributed by atoms with Crippen molar-refractivity contribution in [3.63, 3.8) is 0 Å². The van der Waals surface area contributed by atoms with Crippen LogP contribution < -0.4 is 5.32 Å². The summed E-state index contributed by atoms with van der Waals surface area (Å²) in [5.41, 5.74) is 0.406. The lowest BCUT2D eigenvalue weighted by atomic mass is 10.3. The van der Waals surface area contributed by atoms with Crippen molar-refractivity contribution in [2.45, 2.75) is 0 Å². The molecular weight excluding hydrogens is 210 g/mol. The van der Waals surface area contributed by atoms with Crippen molar-refractivity contribution in [2.75, 3.05) is 5.32 Å². The van der Waals surface area contributed by atoms with E-state index in [0.29, 0.717) is 12.1 Å². The van der Waals surface area contributed by atoms with E-state index < -0.39 is 0 Å². The van der Waals surface area contributed by atoms with Crippen LogP contribution >= 0.6 is 15.9 Å².